The number of halogens is 1. The molecule has 0 radical (unpaired) electrons. The fraction of sp³-hybridized carbons (Fsp3) is 0.421. The second kappa shape index (κ2) is 10.4. The summed E-state index contributed by atoms with van der Waals surface area (Å²) in [5.41, 5.74) is 6.96. The average molecular weight is 425 g/mol. The minimum absolute atomic E-state index is 0.0973. The van der Waals surface area contributed by atoms with Gasteiger partial charge in [0.25, 0.3) is 0 Å². The van der Waals surface area contributed by atoms with Gasteiger partial charge in [-0.25, -0.2) is 0 Å². The van der Waals surface area contributed by atoms with Crippen LogP contribution in [0.4, 0.5) is 5.69 Å². The summed E-state index contributed by atoms with van der Waals surface area (Å²) >= 11 is 7.23. The standard InChI is InChI=1S/C19H25ClN4O3S/c1-23(18(26)8-5-14-4-3-13(21)10-22-14)11-15(25)12-24(2)19(27)9-16-6-7-17(20)28-16/h3-4,6-7,10,15,25H,5,8-9,11-12,21H2,1-2H3. The predicted molar refractivity (Wildman–Crippen MR) is 111 cm³/mol. The Morgan fingerprint density at radius 1 is 1.18 bits per heavy atom. The number of hydrogen-bond donors (Lipinski definition) is 2. The molecule has 7 nitrogen and oxygen atoms in total. The number of hydrogen-bond acceptors (Lipinski definition) is 6. The molecule has 3 N–H and O–H groups in total. The fourth-order valence-corrected chi connectivity index (χ4v) is 3.71. The predicted octanol–water partition coefficient (Wildman–Crippen LogP) is 1.83. The van der Waals surface area contributed by atoms with Gasteiger partial charge in [0.05, 0.1) is 28.7 Å². The number of carbonyl (C=O) groups excluding carboxylic acids is 2. The molecule has 0 spiro atoms. The number of rotatable bonds is 9. The highest BCUT2D eigenvalue weighted by atomic mass is 35.5. The van der Waals surface area contributed by atoms with Crippen molar-refractivity contribution in [2.24, 2.45) is 0 Å². The minimum atomic E-state index is -0.829. The number of pyridine rings is 1. The van der Waals surface area contributed by atoms with Crippen molar-refractivity contribution in [1.82, 2.24) is 14.8 Å². The first-order chi connectivity index (χ1) is 13.2. The Morgan fingerprint density at radius 3 is 2.43 bits per heavy atom. The fourth-order valence-electron chi connectivity index (χ4n) is 2.63. The number of aryl methyl sites for hydroxylation is 1. The molecule has 152 valence electrons. The maximum Gasteiger partial charge on any atom is 0.227 e. The van der Waals surface area contributed by atoms with Gasteiger partial charge in [-0.1, -0.05) is 11.6 Å². The zero-order chi connectivity index (χ0) is 20.7. The van der Waals surface area contributed by atoms with Crippen molar-refractivity contribution < 1.29 is 14.7 Å². The van der Waals surface area contributed by atoms with Gasteiger partial charge in [0, 0.05) is 44.2 Å². The first kappa shape index (κ1) is 22.1. The lowest BCUT2D eigenvalue weighted by Crippen LogP contribution is -2.42. The Kier molecular flexibility index (Phi) is 8.22. The zero-order valence-electron chi connectivity index (χ0n) is 16.0. The zero-order valence-corrected chi connectivity index (χ0v) is 17.5. The summed E-state index contributed by atoms with van der Waals surface area (Å²) in [6, 6.07) is 7.11. The summed E-state index contributed by atoms with van der Waals surface area (Å²) in [6.45, 7) is 0.297. The van der Waals surface area contributed by atoms with Crippen LogP contribution in [0.2, 0.25) is 4.34 Å². The van der Waals surface area contributed by atoms with Crippen LogP contribution in [0.15, 0.2) is 30.5 Å². The van der Waals surface area contributed by atoms with E-state index in [9.17, 15) is 14.7 Å². The number of likely N-dealkylation sites (N-methyl/N-ethyl adjacent to an activating group) is 2. The molecule has 1 unspecified atom stereocenters. The number of thiophene rings is 1. The molecule has 0 aliphatic carbocycles. The van der Waals surface area contributed by atoms with E-state index in [1.165, 1.54) is 21.1 Å². The van der Waals surface area contributed by atoms with Gasteiger partial charge in [0.15, 0.2) is 0 Å². The lowest BCUT2D eigenvalue weighted by Gasteiger charge is -2.25. The second-order valence-corrected chi connectivity index (χ2v) is 8.47. The summed E-state index contributed by atoms with van der Waals surface area (Å²) in [6.07, 6.45) is 1.76. The molecule has 9 heteroatoms. The molecule has 2 heterocycles. The number of nitrogens with two attached hydrogens (primary N) is 1. The number of carbonyl (C=O) groups is 2. The van der Waals surface area contributed by atoms with Crippen molar-refractivity contribution in [3.05, 3.63) is 45.4 Å². The van der Waals surface area contributed by atoms with Crippen molar-refractivity contribution in [1.29, 1.82) is 0 Å². The molecule has 2 amide bonds. The van der Waals surface area contributed by atoms with E-state index in [4.69, 9.17) is 17.3 Å². The first-order valence-corrected chi connectivity index (χ1v) is 10.0. The molecule has 0 aromatic carbocycles. The number of anilines is 1. The number of aliphatic hydroxyl groups excluding tert-OH is 1. The number of amides is 2. The molecule has 0 aliphatic rings. The van der Waals surface area contributed by atoms with E-state index >= 15 is 0 Å². The van der Waals surface area contributed by atoms with E-state index in [0.717, 1.165) is 10.6 Å². The Hall–Kier alpha value is -2.16. The van der Waals surface area contributed by atoms with Crippen molar-refractivity contribution in [2.75, 3.05) is 32.9 Å². The van der Waals surface area contributed by atoms with Gasteiger partial charge in [-0.05, 0) is 30.7 Å². The third kappa shape index (κ3) is 7.10. The van der Waals surface area contributed by atoms with Crippen LogP contribution < -0.4 is 5.73 Å². The molecule has 0 fully saturated rings. The number of aliphatic hydroxyl groups is 1. The SMILES string of the molecule is CN(CC(O)CN(C)C(=O)Cc1ccc(Cl)s1)C(=O)CCc1ccc(N)cn1. The molecule has 0 saturated carbocycles. The maximum absolute atomic E-state index is 12.3. The molecule has 1 atom stereocenters. The molecule has 2 aromatic heterocycles. The Bertz CT molecular complexity index is 797. The molecule has 2 aromatic rings. The van der Waals surface area contributed by atoms with Crippen LogP contribution in [0.3, 0.4) is 0 Å². The van der Waals surface area contributed by atoms with Gasteiger partial charge < -0.3 is 20.6 Å². The maximum atomic E-state index is 12.3. The Labute approximate surface area is 173 Å². The minimum Gasteiger partial charge on any atom is -0.397 e. The van der Waals surface area contributed by atoms with Crippen molar-refractivity contribution in [3.8, 4) is 0 Å². The third-order valence-corrected chi connectivity index (χ3v) is 5.45. The van der Waals surface area contributed by atoms with Gasteiger partial charge in [-0.3, -0.25) is 14.6 Å². The number of nitrogens with zero attached hydrogens (tertiary/aromatic N) is 3. The van der Waals surface area contributed by atoms with E-state index in [-0.39, 0.29) is 37.7 Å². The van der Waals surface area contributed by atoms with E-state index in [1.807, 2.05) is 6.07 Å². The van der Waals surface area contributed by atoms with E-state index in [1.54, 1.807) is 38.5 Å². The van der Waals surface area contributed by atoms with Crippen LogP contribution in [0.25, 0.3) is 0 Å². The smallest absolute Gasteiger partial charge is 0.227 e. The number of aromatic nitrogens is 1. The Balaban J connectivity index is 1.74. The lowest BCUT2D eigenvalue weighted by molar-refractivity contribution is -0.132. The Morgan fingerprint density at radius 2 is 1.86 bits per heavy atom. The summed E-state index contributed by atoms with van der Waals surface area (Å²) in [7, 11) is 3.27. The first-order valence-electron chi connectivity index (χ1n) is 8.85. The van der Waals surface area contributed by atoms with Crippen LogP contribution in [-0.4, -0.2) is 65.0 Å². The van der Waals surface area contributed by atoms with Crippen LogP contribution >= 0.6 is 22.9 Å². The average Bonchev–Trinajstić information content (AvgIpc) is 3.05. The van der Waals surface area contributed by atoms with Crippen molar-refractivity contribution in [2.45, 2.75) is 25.4 Å². The van der Waals surface area contributed by atoms with E-state index in [0.29, 0.717) is 16.4 Å². The highest BCUT2D eigenvalue weighted by molar-refractivity contribution is 7.16. The molecule has 2 rings (SSSR count). The van der Waals surface area contributed by atoms with Crippen LogP contribution in [-0.2, 0) is 22.4 Å². The third-order valence-electron chi connectivity index (χ3n) is 4.22. The number of nitrogen functional groups attached to an aromatic ring is 1. The van der Waals surface area contributed by atoms with Gasteiger partial charge >= 0.3 is 0 Å². The summed E-state index contributed by atoms with van der Waals surface area (Å²) in [5, 5.41) is 10.2. The van der Waals surface area contributed by atoms with Crippen LogP contribution in [0, 0.1) is 0 Å². The topological polar surface area (TPSA) is 99.8 Å². The molecular weight excluding hydrogens is 400 g/mol. The van der Waals surface area contributed by atoms with Gasteiger partial charge in [0.2, 0.25) is 11.8 Å². The molecule has 0 bridgehead atoms. The van der Waals surface area contributed by atoms with Crippen molar-refractivity contribution >= 4 is 40.4 Å². The largest absolute Gasteiger partial charge is 0.397 e. The van der Waals surface area contributed by atoms with E-state index < -0.39 is 6.10 Å². The highest BCUT2D eigenvalue weighted by Gasteiger charge is 2.18. The molecular formula is C19H25ClN4O3S. The quantitative estimate of drug-likeness (QED) is 0.639. The van der Waals surface area contributed by atoms with Crippen molar-refractivity contribution in [3.63, 3.8) is 0 Å². The van der Waals surface area contributed by atoms with Crippen LogP contribution in [0.1, 0.15) is 17.0 Å². The molecule has 28 heavy (non-hydrogen) atoms. The second-order valence-electron chi connectivity index (χ2n) is 6.67. The molecule has 0 aliphatic heterocycles. The summed E-state index contributed by atoms with van der Waals surface area (Å²) in [4.78, 5) is 32.5. The normalized spacial score (nSPS) is 11.9. The van der Waals surface area contributed by atoms with E-state index in [2.05, 4.69) is 4.98 Å². The lowest BCUT2D eigenvalue weighted by atomic mass is 10.2. The monoisotopic (exact) mass is 424 g/mol. The van der Waals surface area contributed by atoms with Gasteiger partial charge in [0.1, 0.15) is 0 Å². The summed E-state index contributed by atoms with van der Waals surface area (Å²) < 4.78 is 0.639. The molecule has 0 saturated heterocycles. The van der Waals surface area contributed by atoms with Gasteiger partial charge in [-0.15, -0.1) is 11.3 Å². The summed E-state index contributed by atoms with van der Waals surface area (Å²) in [5.74, 6) is -0.208. The van der Waals surface area contributed by atoms with Crippen LogP contribution in [0.5, 0.6) is 0 Å². The van der Waals surface area contributed by atoms with Gasteiger partial charge in [-0.2, -0.15) is 0 Å². The highest BCUT2D eigenvalue weighted by Crippen LogP contribution is 2.22.